The lowest BCUT2D eigenvalue weighted by Gasteiger charge is -2.14. The zero-order valence-electron chi connectivity index (χ0n) is 11.2. The minimum Gasteiger partial charge on any atom is -0.344 e. The summed E-state index contributed by atoms with van der Waals surface area (Å²) in [5, 5.41) is 2.47. The zero-order chi connectivity index (χ0) is 16.3. The second-order valence-electron chi connectivity index (χ2n) is 4.42. The maximum absolute atomic E-state index is 11.5. The number of hydrogen-bond donors (Lipinski definition) is 1. The van der Waals surface area contributed by atoms with Crippen molar-refractivity contribution < 1.29 is 33.6 Å². The molecule has 0 bridgehead atoms. The molecule has 2 aliphatic heterocycles. The van der Waals surface area contributed by atoms with Gasteiger partial charge in [-0.3, -0.25) is 28.9 Å². The highest BCUT2D eigenvalue weighted by atomic mass is 16.7. The number of nitrogens with one attached hydrogen (secondary N) is 1. The molecule has 1 N–H and O–H groups in total. The van der Waals surface area contributed by atoms with Crippen molar-refractivity contribution in [3.05, 3.63) is 12.2 Å². The topological polar surface area (TPSA) is 130 Å². The molecule has 0 unspecified atom stereocenters. The summed E-state index contributed by atoms with van der Waals surface area (Å²) >= 11 is 0. The van der Waals surface area contributed by atoms with E-state index in [2.05, 4.69) is 10.2 Å². The van der Waals surface area contributed by atoms with Gasteiger partial charge in [0.15, 0.2) is 0 Å². The van der Waals surface area contributed by atoms with Gasteiger partial charge in [0, 0.05) is 25.0 Å². The van der Waals surface area contributed by atoms with Crippen LogP contribution in [0.15, 0.2) is 12.2 Å². The Labute approximate surface area is 131 Å². The van der Waals surface area contributed by atoms with E-state index in [-0.39, 0.29) is 20.3 Å². The second kappa shape index (κ2) is 7.29. The minimum atomic E-state index is -1.02. The first-order chi connectivity index (χ1) is 10.4. The lowest BCUT2D eigenvalue weighted by Crippen LogP contribution is -2.43. The van der Waals surface area contributed by atoms with Crippen LogP contribution in [0.4, 0.5) is 0 Å². The molecule has 2 aliphatic rings. The summed E-state index contributed by atoms with van der Waals surface area (Å²) in [5.74, 6) is -4.31. The van der Waals surface area contributed by atoms with E-state index in [0.29, 0.717) is 9.96 Å². The lowest BCUT2D eigenvalue weighted by atomic mass is 10.4. The van der Waals surface area contributed by atoms with Crippen LogP contribution in [0.3, 0.4) is 0 Å². The molecule has 0 aromatic heterocycles. The van der Waals surface area contributed by atoms with Crippen LogP contribution >= 0.6 is 0 Å². The first-order valence-corrected chi connectivity index (χ1v) is 6.25. The van der Waals surface area contributed by atoms with Crippen LogP contribution in [-0.4, -0.2) is 58.6 Å². The summed E-state index contributed by atoms with van der Waals surface area (Å²) < 4.78 is 0. The minimum absolute atomic E-state index is 0. The van der Waals surface area contributed by atoms with Gasteiger partial charge in [-0.25, -0.2) is 4.79 Å². The Kier molecular flexibility index (Phi) is 5.71. The number of nitrogens with zero attached hydrogens (tertiary/aromatic N) is 2. The average Bonchev–Trinajstić information content (AvgIpc) is 2.95. The Morgan fingerprint density at radius 2 is 1.57 bits per heavy atom. The maximum Gasteiger partial charge on any atom is 0.352 e. The van der Waals surface area contributed by atoms with Crippen LogP contribution in [0.25, 0.3) is 0 Å². The molecule has 0 aromatic rings. The van der Waals surface area contributed by atoms with Gasteiger partial charge in [0.1, 0.15) is 13.1 Å². The van der Waals surface area contributed by atoms with Crippen LogP contribution in [-0.2, 0) is 33.6 Å². The van der Waals surface area contributed by atoms with Crippen LogP contribution in [0.2, 0.25) is 0 Å². The fraction of sp³-hybridized carbons (Fsp3) is 0.385. The van der Waals surface area contributed by atoms with Gasteiger partial charge in [0.05, 0.1) is 0 Å². The van der Waals surface area contributed by atoms with Crippen molar-refractivity contribution >= 4 is 35.5 Å². The van der Waals surface area contributed by atoms with Crippen LogP contribution in [0, 0.1) is 0 Å². The molecule has 1 fully saturated rings. The highest BCUT2D eigenvalue weighted by Crippen LogP contribution is 2.11. The fourth-order valence-corrected chi connectivity index (χ4v) is 1.75. The molecule has 10 heteroatoms. The standard InChI is InChI=1S/C12H11N3O7.CH4/c16-7(6-14-8(17)1-2-9(14)18)13-5-12(21)22-15-10(19)3-4-11(15)20;/h1-2H,3-6H2,(H,13,16);1H4. The molecular weight excluding hydrogens is 310 g/mol. The van der Waals surface area contributed by atoms with Crippen molar-refractivity contribution in [2.24, 2.45) is 0 Å². The first kappa shape index (κ1) is 18.0. The largest absolute Gasteiger partial charge is 0.352 e. The van der Waals surface area contributed by atoms with E-state index >= 15 is 0 Å². The Balaban J connectivity index is 0.00000264. The molecular formula is C13H15N3O7. The van der Waals surface area contributed by atoms with Crippen molar-refractivity contribution in [3.8, 4) is 0 Å². The van der Waals surface area contributed by atoms with Gasteiger partial charge in [0.25, 0.3) is 23.6 Å². The van der Waals surface area contributed by atoms with Crippen molar-refractivity contribution in [2.45, 2.75) is 20.3 Å². The quantitative estimate of drug-likeness (QED) is 0.594. The Morgan fingerprint density at radius 1 is 1.04 bits per heavy atom. The highest BCUT2D eigenvalue weighted by molar-refractivity contribution is 6.14. The predicted octanol–water partition coefficient (Wildman–Crippen LogP) is -1.73. The van der Waals surface area contributed by atoms with Gasteiger partial charge in [-0.1, -0.05) is 7.43 Å². The molecule has 0 aromatic carbocycles. The van der Waals surface area contributed by atoms with Gasteiger partial charge in [-0.05, 0) is 0 Å². The van der Waals surface area contributed by atoms with Crippen LogP contribution in [0.5, 0.6) is 0 Å². The van der Waals surface area contributed by atoms with E-state index in [1.807, 2.05) is 0 Å². The summed E-state index contributed by atoms with van der Waals surface area (Å²) in [5.41, 5.74) is 0. The van der Waals surface area contributed by atoms with Crippen molar-refractivity contribution in [1.29, 1.82) is 0 Å². The summed E-state index contributed by atoms with van der Waals surface area (Å²) in [6.45, 7) is -1.15. The van der Waals surface area contributed by atoms with Gasteiger partial charge in [0.2, 0.25) is 5.91 Å². The molecule has 10 nitrogen and oxygen atoms in total. The van der Waals surface area contributed by atoms with Gasteiger partial charge in [-0.2, -0.15) is 0 Å². The van der Waals surface area contributed by atoms with Crippen LogP contribution < -0.4 is 5.32 Å². The third kappa shape index (κ3) is 4.22. The maximum atomic E-state index is 11.5. The summed E-state index contributed by atoms with van der Waals surface area (Å²) in [6.07, 6.45) is 1.97. The van der Waals surface area contributed by atoms with Gasteiger partial charge in [-0.15, -0.1) is 5.06 Å². The number of carbonyl (C=O) groups is 6. The molecule has 0 saturated carbocycles. The number of amides is 5. The monoisotopic (exact) mass is 325 g/mol. The van der Waals surface area contributed by atoms with E-state index in [1.54, 1.807) is 0 Å². The summed E-state index contributed by atoms with van der Waals surface area (Å²) in [6, 6.07) is 0. The summed E-state index contributed by atoms with van der Waals surface area (Å²) in [4.78, 5) is 73.0. The Bertz CT molecular complexity index is 561. The number of imide groups is 2. The van der Waals surface area contributed by atoms with E-state index in [0.717, 1.165) is 12.2 Å². The van der Waals surface area contributed by atoms with Crippen molar-refractivity contribution in [2.75, 3.05) is 13.1 Å². The number of hydroxylamine groups is 2. The number of hydrogen-bond acceptors (Lipinski definition) is 7. The number of carbonyl (C=O) groups excluding carboxylic acids is 6. The smallest absolute Gasteiger partial charge is 0.344 e. The molecule has 5 amide bonds. The third-order valence-electron chi connectivity index (χ3n) is 2.83. The van der Waals surface area contributed by atoms with Crippen molar-refractivity contribution in [1.82, 2.24) is 15.3 Å². The van der Waals surface area contributed by atoms with E-state index < -0.39 is 48.6 Å². The zero-order valence-corrected chi connectivity index (χ0v) is 11.2. The normalized spacial score (nSPS) is 16.7. The van der Waals surface area contributed by atoms with E-state index in [1.165, 1.54) is 0 Å². The molecule has 0 spiro atoms. The lowest BCUT2D eigenvalue weighted by molar-refractivity contribution is -0.196. The Morgan fingerprint density at radius 3 is 2.09 bits per heavy atom. The molecule has 124 valence electrons. The molecule has 0 radical (unpaired) electrons. The van der Waals surface area contributed by atoms with Crippen molar-refractivity contribution in [3.63, 3.8) is 0 Å². The molecule has 0 aliphatic carbocycles. The Hall–Kier alpha value is -3.04. The third-order valence-corrected chi connectivity index (χ3v) is 2.83. The number of rotatable bonds is 5. The average molecular weight is 325 g/mol. The van der Waals surface area contributed by atoms with Gasteiger partial charge < -0.3 is 10.2 Å². The SMILES string of the molecule is C.O=C(CN1C(=O)C=CC1=O)NCC(=O)ON1C(=O)CCC1=O. The molecule has 2 rings (SSSR count). The second-order valence-corrected chi connectivity index (χ2v) is 4.42. The van der Waals surface area contributed by atoms with Crippen LogP contribution in [0.1, 0.15) is 20.3 Å². The van der Waals surface area contributed by atoms with E-state index in [4.69, 9.17) is 0 Å². The van der Waals surface area contributed by atoms with E-state index in [9.17, 15) is 28.8 Å². The molecule has 23 heavy (non-hydrogen) atoms. The molecule has 2 heterocycles. The predicted molar refractivity (Wildman–Crippen MR) is 72.8 cm³/mol. The van der Waals surface area contributed by atoms with Gasteiger partial charge >= 0.3 is 5.97 Å². The summed E-state index contributed by atoms with van der Waals surface area (Å²) in [7, 11) is 0. The molecule has 1 saturated heterocycles. The first-order valence-electron chi connectivity index (χ1n) is 6.25. The fourth-order valence-electron chi connectivity index (χ4n) is 1.75. The highest BCUT2D eigenvalue weighted by Gasteiger charge is 2.33. The molecule has 0 atom stereocenters.